The lowest BCUT2D eigenvalue weighted by molar-refractivity contribution is -0.179. The Morgan fingerprint density at radius 1 is 0.803 bits per heavy atom. The number of esters is 1. The number of para-hydroxylation sites is 2. The molecule has 5 aliphatic heterocycles. The summed E-state index contributed by atoms with van der Waals surface area (Å²) in [6.45, 7) is 2.58. The molecular formula is C56H49N7O8. The third kappa shape index (κ3) is 7.62. The first-order chi connectivity index (χ1) is 34.9. The molecule has 15 heteroatoms. The van der Waals surface area contributed by atoms with Gasteiger partial charge in [0.1, 0.15) is 42.0 Å². The van der Waals surface area contributed by atoms with Gasteiger partial charge < -0.3 is 34.3 Å². The number of morpholine rings is 1. The number of carbonyl (C=O) groups excluding carboxylic acids is 3. The summed E-state index contributed by atoms with van der Waals surface area (Å²) in [5, 5.41) is 21.9. The van der Waals surface area contributed by atoms with Gasteiger partial charge in [0.25, 0.3) is 0 Å². The molecule has 6 aromatic carbocycles. The van der Waals surface area contributed by atoms with Crippen molar-refractivity contribution in [2.24, 2.45) is 5.92 Å². The van der Waals surface area contributed by atoms with E-state index in [1.807, 2.05) is 144 Å². The van der Waals surface area contributed by atoms with Gasteiger partial charge in [0, 0.05) is 49.5 Å². The van der Waals surface area contributed by atoms with E-state index in [4.69, 9.17) is 18.9 Å². The third-order valence-corrected chi connectivity index (χ3v) is 14.5. The Morgan fingerprint density at radius 2 is 1.55 bits per heavy atom. The first kappa shape index (κ1) is 44.2. The van der Waals surface area contributed by atoms with Gasteiger partial charge in [-0.05, 0) is 70.8 Å². The molecule has 0 saturated carbocycles. The van der Waals surface area contributed by atoms with Crippen molar-refractivity contribution in [3.63, 3.8) is 0 Å². The summed E-state index contributed by atoms with van der Waals surface area (Å²) >= 11 is 0. The van der Waals surface area contributed by atoms with E-state index in [1.165, 1.54) is 0 Å². The highest BCUT2D eigenvalue weighted by Gasteiger charge is 2.74. The van der Waals surface area contributed by atoms with Crippen LogP contribution in [-0.4, -0.2) is 105 Å². The van der Waals surface area contributed by atoms with Gasteiger partial charge in [-0.15, -0.1) is 5.10 Å². The van der Waals surface area contributed by atoms with E-state index in [2.05, 4.69) is 37.3 Å². The number of rotatable bonds is 10. The first-order valence-electron chi connectivity index (χ1n) is 23.9. The molecular weight excluding hydrogens is 899 g/mol. The van der Waals surface area contributed by atoms with Crippen LogP contribution in [0.4, 0.5) is 5.69 Å². The SMILES string of the molecule is O=C1OC(c2ccccc2)C(c2ccccc2)N2C1C(C(=O)N1CCN(Cc3ccc4c(c3)OCO4)CC1)C1(C(=O)Nc3ccc(C#CCn4nnc5ccccc54)cc31)C2c1ccccc1OCCO. The molecule has 7 aromatic rings. The number of ether oxygens (including phenoxy) is 4. The molecule has 1 aromatic heterocycles. The van der Waals surface area contributed by atoms with Crippen molar-refractivity contribution in [2.75, 3.05) is 51.5 Å². The molecule has 3 fully saturated rings. The maximum atomic E-state index is 16.2. The molecule has 71 heavy (non-hydrogen) atoms. The van der Waals surface area contributed by atoms with Crippen LogP contribution in [-0.2, 0) is 37.6 Å². The van der Waals surface area contributed by atoms with E-state index in [1.54, 1.807) is 10.7 Å². The van der Waals surface area contributed by atoms with Crippen molar-refractivity contribution in [2.45, 2.75) is 42.7 Å². The predicted octanol–water partition coefficient (Wildman–Crippen LogP) is 6.20. The largest absolute Gasteiger partial charge is 0.491 e. The Labute approximate surface area is 409 Å². The van der Waals surface area contributed by atoms with E-state index in [0.717, 1.165) is 27.7 Å². The van der Waals surface area contributed by atoms with E-state index < -0.39 is 47.4 Å². The Bertz CT molecular complexity index is 3240. The summed E-state index contributed by atoms with van der Waals surface area (Å²) in [6.07, 6.45) is -0.838. The van der Waals surface area contributed by atoms with Crippen LogP contribution in [0.1, 0.15) is 51.6 Å². The number of aliphatic hydroxyl groups is 1. The zero-order valence-electron chi connectivity index (χ0n) is 38.6. The van der Waals surface area contributed by atoms with Gasteiger partial charge in [-0.2, -0.15) is 0 Å². The number of aromatic nitrogens is 3. The maximum absolute atomic E-state index is 16.2. The van der Waals surface area contributed by atoms with Crippen LogP contribution in [0.3, 0.4) is 0 Å². The number of piperazine rings is 1. The first-order valence-corrected chi connectivity index (χ1v) is 23.9. The number of amides is 2. The molecule has 356 valence electrons. The Balaban J connectivity index is 1.02. The molecule has 1 spiro atoms. The average Bonchev–Trinajstić information content (AvgIpc) is 4.20. The summed E-state index contributed by atoms with van der Waals surface area (Å²) in [5.41, 5.74) is 4.72. The summed E-state index contributed by atoms with van der Waals surface area (Å²) in [6, 6.07) is 43.1. The predicted molar refractivity (Wildman–Crippen MR) is 261 cm³/mol. The molecule has 0 aliphatic carbocycles. The summed E-state index contributed by atoms with van der Waals surface area (Å²) < 4.78 is 26.0. The molecule has 2 amide bonds. The van der Waals surface area contributed by atoms with Crippen molar-refractivity contribution in [1.82, 2.24) is 29.7 Å². The smallest absolute Gasteiger partial charge is 0.324 e. The van der Waals surface area contributed by atoms with E-state index in [-0.39, 0.29) is 32.5 Å². The number of benzene rings is 6. The van der Waals surface area contributed by atoms with Crippen LogP contribution in [0, 0.1) is 17.8 Å². The van der Waals surface area contributed by atoms with Gasteiger partial charge in [-0.1, -0.05) is 114 Å². The van der Waals surface area contributed by atoms with Crippen molar-refractivity contribution in [1.29, 1.82) is 0 Å². The lowest BCUT2D eigenvalue weighted by Crippen LogP contribution is -2.58. The minimum atomic E-state index is -1.75. The number of hydrogen-bond donors (Lipinski definition) is 2. The topological polar surface area (TPSA) is 161 Å². The number of anilines is 1. The van der Waals surface area contributed by atoms with Gasteiger partial charge in [-0.25, -0.2) is 4.68 Å². The summed E-state index contributed by atoms with van der Waals surface area (Å²) in [4.78, 5) is 53.8. The van der Waals surface area contributed by atoms with Crippen LogP contribution < -0.4 is 19.5 Å². The lowest BCUT2D eigenvalue weighted by atomic mass is 9.64. The normalized spacial score (nSPS) is 23.5. The number of hydrogen-bond acceptors (Lipinski definition) is 12. The van der Waals surface area contributed by atoms with E-state index >= 15 is 14.4 Å². The third-order valence-electron chi connectivity index (χ3n) is 14.5. The second kappa shape index (κ2) is 18.4. The fourth-order valence-electron chi connectivity index (χ4n) is 11.5. The van der Waals surface area contributed by atoms with Crippen LogP contribution in [0.15, 0.2) is 146 Å². The van der Waals surface area contributed by atoms with Gasteiger partial charge in [-0.3, -0.25) is 24.2 Å². The minimum absolute atomic E-state index is 0.0283. The second-order valence-corrected chi connectivity index (χ2v) is 18.4. The fourth-order valence-corrected chi connectivity index (χ4v) is 11.5. The maximum Gasteiger partial charge on any atom is 0.324 e. The molecule has 3 saturated heterocycles. The second-order valence-electron chi connectivity index (χ2n) is 18.4. The van der Waals surface area contributed by atoms with Gasteiger partial charge in [0.05, 0.1) is 30.1 Å². The summed E-state index contributed by atoms with van der Waals surface area (Å²) in [5.74, 6) is 5.75. The minimum Gasteiger partial charge on any atom is -0.491 e. The molecule has 6 atom stereocenters. The molecule has 6 unspecified atom stereocenters. The molecule has 0 bridgehead atoms. The number of cyclic esters (lactones) is 1. The van der Waals surface area contributed by atoms with E-state index in [9.17, 15) is 5.11 Å². The number of nitrogens with one attached hydrogen (secondary N) is 1. The van der Waals surface area contributed by atoms with Crippen LogP contribution >= 0.6 is 0 Å². The molecule has 2 N–H and O–H groups in total. The molecule has 15 nitrogen and oxygen atoms in total. The molecule has 12 rings (SSSR count). The highest BCUT2D eigenvalue weighted by molar-refractivity contribution is 6.12. The molecule has 6 heterocycles. The number of nitrogens with zero attached hydrogens (tertiary/aromatic N) is 6. The highest BCUT2D eigenvalue weighted by Crippen LogP contribution is 2.66. The monoisotopic (exact) mass is 947 g/mol. The van der Waals surface area contributed by atoms with Gasteiger partial charge >= 0.3 is 5.97 Å². The lowest BCUT2D eigenvalue weighted by Gasteiger charge is -2.46. The van der Waals surface area contributed by atoms with Gasteiger partial charge in [0.2, 0.25) is 18.6 Å². The Morgan fingerprint density at radius 3 is 2.37 bits per heavy atom. The molecule has 5 aliphatic rings. The zero-order chi connectivity index (χ0) is 48.1. The van der Waals surface area contributed by atoms with Crippen molar-refractivity contribution in [3.8, 4) is 29.1 Å². The quantitative estimate of drug-likeness (QED) is 0.118. The van der Waals surface area contributed by atoms with Crippen molar-refractivity contribution >= 4 is 34.5 Å². The van der Waals surface area contributed by atoms with Gasteiger partial charge in [0.15, 0.2) is 11.5 Å². The Kier molecular flexibility index (Phi) is 11.4. The molecule has 0 radical (unpaired) electrons. The van der Waals surface area contributed by atoms with Crippen LogP contribution in [0.5, 0.6) is 17.2 Å². The number of carbonyl (C=O) groups is 3. The van der Waals surface area contributed by atoms with Crippen LogP contribution in [0.25, 0.3) is 11.0 Å². The highest BCUT2D eigenvalue weighted by atomic mass is 16.7. The summed E-state index contributed by atoms with van der Waals surface area (Å²) in [7, 11) is 0. The van der Waals surface area contributed by atoms with Crippen LogP contribution in [0.2, 0.25) is 0 Å². The average molecular weight is 948 g/mol. The number of aliphatic hydroxyl groups excluding tert-OH is 1. The standard InChI is InChI=1S/C56H49N7O8/c64-30-31-68-45-20-10-7-17-40(45)52-56(41-32-36(21-23-42(41)57-55(56)67)12-11-25-62-44-19-9-8-18-43(44)58-59-62)48(53(65)61-28-26-60(27-29-61)34-37-22-24-46-47(33-37)70-35-69-46)50-54(66)71-51(39-15-5-2-6-16-39)49(63(50)52)38-13-3-1-4-14-38/h1-10,13-24,32-33,48-52,64H,25-31,34-35H2,(H,57,67). The zero-order valence-corrected chi connectivity index (χ0v) is 38.6. The van der Waals surface area contributed by atoms with Crippen molar-refractivity contribution in [3.05, 3.63) is 179 Å². The Hall–Kier alpha value is -8.03. The number of fused-ring (bicyclic) bond motifs is 5. The van der Waals surface area contributed by atoms with E-state index in [0.29, 0.717) is 72.4 Å². The fraction of sp³-hybridized carbons (Fsp3) is 0.268. The van der Waals surface area contributed by atoms with Crippen molar-refractivity contribution < 1.29 is 38.4 Å².